The largest absolute Gasteiger partial charge is 0.516 e. The number of rotatable bonds is 2. The number of hydrogen-bond acceptors (Lipinski definition) is 3. The van der Waals surface area contributed by atoms with Crippen LogP contribution in [0.4, 0.5) is 18.9 Å². The molecule has 1 aromatic carbocycles. The standard InChI is InChI=1S/C11H12F3NO3S/c1-10(2)6-7-4-3-5-8(9(7)18-10)15-19(16,17)11(12,13)14/h3-5,15H,6H2,1-2H3. The second-order valence-electron chi connectivity index (χ2n) is 4.88. The molecule has 1 heterocycles. The number of sulfonamides is 1. The minimum Gasteiger partial charge on any atom is -0.485 e. The van der Waals surface area contributed by atoms with E-state index in [0.29, 0.717) is 12.0 Å². The number of alkyl halides is 3. The van der Waals surface area contributed by atoms with Crippen LogP contribution < -0.4 is 9.46 Å². The van der Waals surface area contributed by atoms with Crippen molar-refractivity contribution in [2.24, 2.45) is 0 Å². The quantitative estimate of drug-likeness (QED) is 0.912. The van der Waals surface area contributed by atoms with Crippen LogP contribution in [0.25, 0.3) is 0 Å². The van der Waals surface area contributed by atoms with Gasteiger partial charge in [0, 0.05) is 12.0 Å². The normalized spacial score (nSPS) is 17.7. The summed E-state index contributed by atoms with van der Waals surface area (Å²) in [6.07, 6.45) is 0.504. The predicted octanol–water partition coefficient (Wildman–Crippen LogP) is 2.66. The average molecular weight is 295 g/mol. The highest BCUT2D eigenvalue weighted by atomic mass is 32.2. The van der Waals surface area contributed by atoms with E-state index in [1.807, 2.05) is 0 Å². The lowest BCUT2D eigenvalue weighted by atomic mass is 10.0. The summed E-state index contributed by atoms with van der Waals surface area (Å²) >= 11 is 0. The maximum Gasteiger partial charge on any atom is 0.516 e. The zero-order chi connectivity index (χ0) is 14.5. The monoisotopic (exact) mass is 295 g/mol. The molecule has 0 bridgehead atoms. The molecule has 0 atom stereocenters. The van der Waals surface area contributed by atoms with Gasteiger partial charge < -0.3 is 4.74 Å². The summed E-state index contributed by atoms with van der Waals surface area (Å²) in [6.45, 7) is 3.55. The van der Waals surface area contributed by atoms with Crippen LogP contribution in [0.15, 0.2) is 18.2 Å². The van der Waals surface area contributed by atoms with Gasteiger partial charge in [0.1, 0.15) is 11.4 Å². The number of para-hydroxylation sites is 1. The van der Waals surface area contributed by atoms with E-state index in [-0.39, 0.29) is 11.4 Å². The third kappa shape index (κ3) is 2.63. The Morgan fingerprint density at radius 3 is 2.53 bits per heavy atom. The molecule has 0 unspecified atom stereocenters. The van der Waals surface area contributed by atoms with Crippen molar-refractivity contribution in [1.29, 1.82) is 0 Å². The Hall–Kier alpha value is -1.44. The Morgan fingerprint density at radius 2 is 1.95 bits per heavy atom. The molecular weight excluding hydrogens is 283 g/mol. The summed E-state index contributed by atoms with van der Waals surface area (Å²) in [7, 11) is -5.44. The molecule has 106 valence electrons. The molecule has 0 aliphatic carbocycles. The second-order valence-corrected chi connectivity index (χ2v) is 6.56. The SMILES string of the molecule is CC1(C)Cc2cccc(NS(=O)(=O)C(F)(F)F)c2O1. The molecule has 0 spiro atoms. The lowest BCUT2D eigenvalue weighted by Gasteiger charge is -2.18. The van der Waals surface area contributed by atoms with Gasteiger partial charge >= 0.3 is 15.5 Å². The first-order valence-electron chi connectivity index (χ1n) is 5.42. The van der Waals surface area contributed by atoms with Gasteiger partial charge in [-0.05, 0) is 19.9 Å². The molecule has 0 aromatic heterocycles. The molecule has 0 amide bonds. The Labute approximate surface area is 108 Å². The van der Waals surface area contributed by atoms with Crippen LogP contribution in [0.2, 0.25) is 0 Å². The number of hydrogen-bond donors (Lipinski definition) is 1. The Bertz CT molecular complexity index is 608. The molecular formula is C11H12F3NO3S. The van der Waals surface area contributed by atoms with E-state index in [9.17, 15) is 21.6 Å². The first kappa shape index (κ1) is 14.0. The van der Waals surface area contributed by atoms with Crippen LogP contribution in [0.1, 0.15) is 19.4 Å². The lowest BCUT2D eigenvalue weighted by Crippen LogP contribution is -2.30. The molecule has 0 fully saturated rings. The summed E-state index contributed by atoms with van der Waals surface area (Å²) in [5, 5.41) is 0. The average Bonchev–Trinajstić information content (AvgIpc) is 2.51. The van der Waals surface area contributed by atoms with Gasteiger partial charge in [-0.15, -0.1) is 0 Å². The van der Waals surface area contributed by atoms with Crippen molar-refractivity contribution in [3.8, 4) is 5.75 Å². The first-order chi connectivity index (χ1) is 8.52. The van der Waals surface area contributed by atoms with E-state index >= 15 is 0 Å². The van der Waals surface area contributed by atoms with Crippen molar-refractivity contribution >= 4 is 15.7 Å². The second kappa shape index (κ2) is 4.03. The lowest BCUT2D eigenvalue weighted by molar-refractivity contribution is -0.0429. The van der Waals surface area contributed by atoms with Gasteiger partial charge in [-0.3, -0.25) is 4.72 Å². The molecule has 0 saturated carbocycles. The Morgan fingerprint density at radius 1 is 1.32 bits per heavy atom. The van der Waals surface area contributed by atoms with Crippen molar-refractivity contribution in [2.75, 3.05) is 4.72 Å². The summed E-state index contributed by atoms with van der Waals surface area (Å²) < 4.78 is 66.2. The number of ether oxygens (including phenoxy) is 1. The third-order valence-corrected chi connectivity index (χ3v) is 3.74. The molecule has 1 aromatic rings. The molecule has 1 aliphatic rings. The molecule has 1 aliphatic heterocycles. The molecule has 0 saturated heterocycles. The molecule has 1 N–H and O–H groups in total. The zero-order valence-electron chi connectivity index (χ0n) is 10.2. The van der Waals surface area contributed by atoms with Crippen molar-refractivity contribution in [1.82, 2.24) is 0 Å². The van der Waals surface area contributed by atoms with E-state index in [1.165, 1.54) is 16.9 Å². The first-order valence-corrected chi connectivity index (χ1v) is 6.90. The van der Waals surface area contributed by atoms with Gasteiger partial charge in [-0.2, -0.15) is 21.6 Å². The molecule has 19 heavy (non-hydrogen) atoms. The highest BCUT2D eigenvalue weighted by molar-refractivity contribution is 7.93. The minimum atomic E-state index is -5.44. The van der Waals surface area contributed by atoms with E-state index in [2.05, 4.69) is 0 Å². The highest BCUT2D eigenvalue weighted by Crippen LogP contribution is 2.41. The summed E-state index contributed by atoms with van der Waals surface area (Å²) in [4.78, 5) is 0. The molecule has 8 heteroatoms. The third-order valence-electron chi connectivity index (χ3n) is 2.64. The molecule has 2 rings (SSSR count). The number of halogens is 3. The van der Waals surface area contributed by atoms with Gasteiger partial charge in [0.05, 0.1) is 5.69 Å². The number of anilines is 1. The van der Waals surface area contributed by atoms with Crippen LogP contribution >= 0.6 is 0 Å². The van der Waals surface area contributed by atoms with Gasteiger partial charge in [0.25, 0.3) is 0 Å². The van der Waals surface area contributed by atoms with E-state index in [1.54, 1.807) is 19.9 Å². The summed E-state index contributed by atoms with van der Waals surface area (Å²) in [6, 6.07) is 4.41. The smallest absolute Gasteiger partial charge is 0.485 e. The number of fused-ring (bicyclic) bond motifs is 1. The van der Waals surface area contributed by atoms with Crippen molar-refractivity contribution in [2.45, 2.75) is 31.4 Å². The predicted molar refractivity (Wildman–Crippen MR) is 63.5 cm³/mol. The number of benzene rings is 1. The van der Waals surface area contributed by atoms with Gasteiger partial charge in [-0.1, -0.05) is 12.1 Å². The topological polar surface area (TPSA) is 55.4 Å². The Kier molecular flexibility index (Phi) is 2.96. The van der Waals surface area contributed by atoms with Crippen LogP contribution in [-0.2, 0) is 16.4 Å². The number of nitrogens with one attached hydrogen (secondary N) is 1. The molecule has 4 nitrogen and oxygen atoms in total. The molecule has 0 radical (unpaired) electrons. The van der Waals surface area contributed by atoms with E-state index in [0.717, 1.165) is 0 Å². The van der Waals surface area contributed by atoms with Crippen molar-refractivity contribution < 1.29 is 26.3 Å². The fourth-order valence-electron chi connectivity index (χ4n) is 1.90. The van der Waals surface area contributed by atoms with Gasteiger partial charge in [0.15, 0.2) is 0 Å². The fraction of sp³-hybridized carbons (Fsp3) is 0.455. The fourth-order valence-corrected chi connectivity index (χ4v) is 2.46. The summed E-state index contributed by atoms with van der Waals surface area (Å²) in [5.74, 6) is 0.153. The maximum absolute atomic E-state index is 12.3. The van der Waals surface area contributed by atoms with Crippen LogP contribution in [0, 0.1) is 0 Å². The van der Waals surface area contributed by atoms with Crippen LogP contribution in [0.5, 0.6) is 5.75 Å². The van der Waals surface area contributed by atoms with Crippen LogP contribution in [-0.4, -0.2) is 19.5 Å². The minimum absolute atomic E-state index is 0.153. The Balaban J connectivity index is 2.38. The van der Waals surface area contributed by atoms with Crippen molar-refractivity contribution in [3.05, 3.63) is 23.8 Å². The van der Waals surface area contributed by atoms with Gasteiger partial charge in [0.2, 0.25) is 0 Å². The van der Waals surface area contributed by atoms with E-state index in [4.69, 9.17) is 4.74 Å². The van der Waals surface area contributed by atoms with Crippen LogP contribution in [0.3, 0.4) is 0 Å². The highest BCUT2D eigenvalue weighted by Gasteiger charge is 2.46. The summed E-state index contributed by atoms with van der Waals surface area (Å²) in [5.41, 5.74) is -5.45. The van der Waals surface area contributed by atoms with Crippen molar-refractivity contribution in [3.63, 3.8) is 0 Å². The van der Waals surface area contributed by atoms with E-state index < -0.39 is 21.1 Å². The van der Waals surface area contributed by atoms with Gasteiger partial charge in [-0.25, -0.2) is 0 Å². The maximum atomic E-state index is 12.3. The zero-order valence-corrected chi connectivity index (χ0v) is 11.0.